The van der Waals surface area contributed by atoms with Crippen molar-refractivity contribution in [1.82, 2.24) is 9.80 Å². The maximum atomic E-state index is 14.6. The van der Waals surface area contributed by atoms with Crippen molar-refractivity contribution >= 4 is 12.2 Å². The molecular formula is C42H50N2O8. The van der Waals surface area contributed by atoms with Gasteiger partial charge in [0.25, 0.3) is 0 Å². The first-order valence-electron chi connectivity index (χ1n) is 17.4. The van der Waals surface area contributed by atoms with E-state index in [0.717, 1.165) is 16.7 Å². The number of amides is 2. The van der Waals surface area contributed by atoms with Crippen LogP contribution in [0.3, 0.4) is 0 Å². The molecule has 52 heavy (non-hydrogen) atoms. The molecule has 0 unspecified atom stereocenters. The molecule has 1 aliphatic rings. The SMILES string of the molecule is COc1c(OCc2ccccc2)cc([C@H]([C@H]2COC(C)(C)N2C(=O)OC(C)(C)C)N(Cc2ccccc2)C(=O)OCc2ccccc2)c(OC)c1C. The standard InChI is InChI=1S/C42H50N2O8/c1-29-37(47-7)33(24-35(38(29)48-8)49-26-31-20-14-10-15-21-31)36(34-28-51-42(5,6)44(34)40(46)52-41(2,3)4)43(25-30-18-12-9-13-19-30)39(45)50-27-32-22-16-11-17-23-32/h9-24,34,36H,25-28H2,1-8H3/t34-,36-/m1/s1. The molecule has 0 aromatic heterocycles. The molecule has 0 spiro atoms. The summed E-state index contributed by atoms with van der Waals surface area (Å²) in [6, 6.07) is 29.2. The Morgan fingerprint density at radius 1 is 0.846 bits per heavy atom. The number of nitrogens with zero attached hydrogens (tertiary/aromatic N) is 2. The van der Waals surface area contributed by atoms with Crippen molar-refractivity contribution in [3.8, 4) is 17.2 Å². The van der Waals surface area contributed by atoms with Crippen LogP contribution < -0.4 is 14.2 Å². The number of hydrogen-bond donors (Lipinski definition) is 0. The lowest BCUT2D eigenvalue weighted by atomic mass is 9.92. The monoisotopic (exact) mass is 710 g/mol. The fourth-order valence-electron chi connectivity index (χ4n) is 6.54. The molecule has 0 saturated carbocycles. The average Bonchev–Trinajstić information content (AvgIpc) is 3.44. The van der Waals surface area contributed by atoms with Crippen LogP contribution in [0.1, 0.15) is 68.5 Å². The van der Waals surface area contributed by atoms with Gasteiger partial charge in [-0.1, -0.05) is 91.0 Å². The van der Waals surface area contributed by atoms with Crippen molar-refractivity contribution < 1.29 is 38.0 Å². The van der Waals surface area contributed by atoms with Gasteiger partial charge in [-0.15, -0.1) is 0 Å². The van der Waals surface area contributed by atoms with Gasteiger partial charge in [-0.2, -0.15) is 0 Å². The Hall–Kier alpha value is -5.22. The maximum Gasteiger partial charge on any atom is 0.412 e. The van der Waals surface area contributed by atoms with Gasteiger partial charge in [-0.3, -0.25) is 9.80 Å². The molecule has 0 aliphatic carbocycles. The quantitative estimate of drug-likeness (QED) is 0.144. The van der Waals surface area contributed by atoms with Crippen molar-refractivity contribution in [1.29, 1.82) is 0 Å². The predicted molar refractivity (Wildman–Crippen MR) is 198 cm³/mol. The summed E-state index contributed by atoms with van der Waals surface area (Å²) in [5.74, 6) is 1.41. The number of carbonyl (C=O) groups is 2. The molecule has 276 valence electrons. The number of benzene rings is 4. The lowest BCUT2D eigenvalue weighted by Gasteiger charge is -2.42. The van der Waals surface area contributed by atoms with E-state index in [0.29, 0.717) is 28.4 Å². The minimum atomic E-state index is -1.08. The van der Waals surface area contributed by atoms with Crippen molar-refractivity contribution in [2.24, 2.45) is 0 Å². The van der Waals surface area contributed by atoms with E-state index in [-0.39, 0.29) is 26.4 Å². The molecule has 5 rings (SSSR count). The summed E-state index contributed by atoms with van der Waals surface area (Å²) < 4.78 is 36.8. The minimum absolute atomic E-state index is 0.0460. The van der Waals surface area contributed by atoms with Crippen molar-refractivity contribution in [3.05, 3.63) is 125 Å². The summed E-state index contributed by atoms with van der Waals surface area (Å²) in [6.07, 6.45) is -1.17. The van der Waals surface area contributed by atoms with Crippen LogP contribution in [0, 0.1) is 6.92 Å². The second kappa shape index (κ2) is 16.4. The Kier molecular flexibility index (Phi) is 12.0. The second-order valence-corrected chi connectivity index (χ2v) is 14.2. The van der Waals surface area contributed by atoms with Crippen LogP contribution in [0.5, 0.6) is 17.2 Å². The van der Waals surface area contributed by atoms with Gasteiger partial charge in [0, 0.05) is 17.7 Å². The fraction of sp³-hybridized carbons (Fsp3) is 0.381. The van der Waals surface area contributed by atoms with Crippen LogP contribution >= 0.6 is 0 Å². The Bertz CT molecular complexity index is 1790. The molecule has 1 fully saturated rings. The van der Waals surface area contributed by atoms with E-state index in [2.05, 4.69) is 0 Å². The average molecular weight is 711 g/mol. The second-order valence-electron chi connectivity index (χ2n) is 14.2. The summed E-state index contributed by atoms with van der Waals surface area (Å²) in [6.45, 7) is 11.5. The molecule has 4 aromatic carbocycles. The van der Waals surface area contributed by atoms with Gasteiger partial charge >= 0.3 is 12.2 Å². The third kappa shape index (κ3) is 8.98. The topological polar surface area (TPSA) is 96.0 Å². The summed E-state index contributed by atoms with van der Waals surface area (Å²) in [4.78, 5) is 32.0. The Balaban J connectivity index is 1.71. The normalized spacial score (nSPS) is 15.8. The number of ether oxygens (including phenoxy) is 6. The highest BCUT2D eigenvalue weighted by atomic mass is 16.6. The van der Waals surface area contributed by atoms with Crippen LogP contribution in [-0.4, -0.2) is 60.2 Å². The summed E-state index contributed by atoms with van der Waals surface area (Å²) >= 11 is 0. The van der Waals surface area contributed by atoms with E-state index >= 15 is 0 Å². The number of hydrogen-bond acceptors (Lipinski definition) is 8. The van der Waals surface area contributed by atoms with E-state index in [1.54, 1.807) is 24.0 Å². The molecule has 0 bridgehead atoms. The number of carbonyl (C=O) groups excluding carboxylic acids is 2. The van der Waals surface area contributed by atoms with E-state index in [1.807, 2.05) is 139 Å². The van der Waals surface area contributed by atoms with Gasteiger partial charge in [0.1, 0.15) is 30.3 Å². The van der Waals surface area contributed by atoms with E-state index < -0.39 is 35.6 Å². The minimum Gasteiger partial charge on any atom is -0.496 e. The lowest BCUT2D eigenvalue weighted by molar-refractivity contribution is -0.0660. The summed E-state index contributed by atoms with van der Waals surface area (Å²) in [7, 11) is 3.15. The molecule has 10 heteroatoms. The zero-order valence-electron chi connectivity index (χ0n) is 31.4. The summed E-state index contributed by atoms with van der Waals surface area (Å²) in [5, 5.41) is 0. The Labute approximate surface area is 307 Å². The first-order chi connectivity index (χ1) is 24.8. The number of methoxy groups -OCH3 is 2. The lowest BCUT2D eigenvalue weighted by Crippen LogP contribution is -2.54. The van der Waals surface area contributed by atoms with Gasteiger partial charge in [-0.25, -0.2) is 9.59 Å². The first kappa shape index (κ1) is 38.0. The van der Waals surface area contributed by atoms with Crippen LogP contribution in [0.15, 0.2) is 97.1 Å². The molecule has 10 nitrogen and oxygen atoms in total. The van der Waals surface area contributed by atoms with Crippen LogP contribution in [-0.2, 0) is 34.0 Å². The molecule has 2 amide bonds. The maximum absolute atomic E-state index is 14.6. The van der Waals surface area contributed by atoms with Crippen LogP contribution in [0.4, 0.5) is 9.59 Å². The Morgan fingerprint density at radius 3 is 1.92 bits per heavy atom. The van der Waals surface area contributed by atoms with E-state index in [9.17, 15) is 9.59 Å². The highest BCUT2D eigenvalue weighted by molar-refractivity contribution is 5.72. The smallest absolute Gasteiger partial charge is 0.412 e. The van der Waals surface area contributed by atoms with Gasteiger partial charge in [-0.05, 0) is 64.3 Å². The summed E-state index contributed by atoms with van der Waals surface area (Å²) in [5.41, 5.74) is 2.03. The van der Waals surface area contributed by atoms with Crippen LogP contribution in [0.25, 0.3) is 0 Å². The molecular weight excluding hydrogens is 660 g/mol. The molecule has 1 heterocycles. The van der Waals surface area contributed by atoms with Gasteiger partial charge in [0.2, 0.25) is 0 Å². The molecule has 2 atom stereocenters. The van der Waals surface area contributed by atoms with Crippen molar-refractivity contribution in [2.45, 2.75) is 84.7 Å². The third-order valence-corrected chi connectivity index (χ3v) is 8.86. The van der Waals surface area contributed by atoms with Gasteiger partial charge in [0.05, 0.1) is 32.9 Å². The van der Waals surface area contributed by atoms with E-state index in [1.165, 1.54) is 0 Å². The highest BCUT2D eigenvalue weighted by Crippen LogP contribution is 2.48. The van der Waals surface area contributed by atoms with Crippen molar-refractivity contribution in [3.63, 3.8) is 0 Å². The molecule has 0 N–H and O–H groups in total. The molecule has 1 aliphatic heterocycles. The zero-order valence-corrected chi connectivity index (χ0v) is 31.4. The fourth-order valence-corrected chi connectivity index (χ4v) is 6.54. The van der Waals surface area contributed by atoms with Gasteiger partial charge in [0.15, 0.2) is 11.5 Å². The first-order valence-corrected chi connectivity index (χ1v) is 17.4. The molecule has 4 aromatic rings. The molecule has 1 saturated heterocycles. The largest absolute Gasteiger partial charge is 0.496 e. The van der Waals surface area contributed by atoms with Crippen molar-refractivity contribution in [2.75, 3.05) is 20.8 Å². The third-order valence-electron chi connectivity index (χ3n) is 8.86. The Morgan fingerprint density at radius 2 is 1.38 bits per heavy atom. The van der Waals surface area contributed by atoms with E-state index in [4.69, 9.17) is 28.4 Å². The highest BCUT2D eigenvalue weighted by Gasteiger charge is 2.52. The van der Waals surface area contributed by atoms with Gasteiger partial charge < -0.3 is 28.4 Å². The number of rotatable bonds is 12. The van der Waals surface area contributed by atoms with Crippen LogP contribution in [0.2, 0.25) is 0 Å². The molecule has 0 radical (unpaired) electrons. The zero-order chi connectivity index (χ0) is 37.5. The predicted octanol–water partition coefficient (Wildman–Crippen LogP) is 8.84.